The van der Waals surface area contributed by atoms with Crippen LogP contribution in [0.4, 0.5) is 17.1 Å². The van der Waals surface area contributed by atoms with Gasteiger partial charge in [0.15, 0.2) is 16.7 Å². The van der Waals surface area contributed by atoms with Crippen LogP contribution in [-0.4, -0.2) is 15.0 Å². The highest BCUT2D eigenvalue weighted by Gasteiger charge is 2.19. The summed E-state index contributed by atoms with van der Waals surface area (Å²) in [4.78, 5) is 16.4. The van der Waals surface area contributed by atoms with Gasteiger partial charge in [0.05, 0.1) is 0 Å². The fourth-order valence-corrected chi connectivity index (χ4v) is 6.21. The van der Waals surface area contributed by atoms with Crippen molar-refractivity contribution in [3.63, 3.8) is 0 Å². The highest BCUT2D eigenvalue weighted by atomic mass is 16.4. The minimum absolute atomic E-state index is 0.0216. The largest absolute Gasteiger partial charge is 0.436 e. The van der Waals surface area contributed by atoms with Crippen molar-refractivity contribution in [3.8, 4) is 34.4 Å². The number of oxazole rings is 3. The highest BCUT2D eigenvalue weighted by Crippen LogP contribution is 2.38. The molecule has 0 spiro atoms. The van der Waals surface area contributed by atoms with Gasteiger partial charge in [-0.2, -0.15) is 0 Å². The second-order valence-electron chi connectivity index (χ2n) is 13.4. The molecule has 7 nitrogen and oxygen atoms in total. The van der Waals surface area contributed by atoms with Gasteiger partial charge in [0.1, 0.15) is 16.6 Å². The number of fused-ring (bicyclic) bond motifs is 3. The summed E-state index contributed by atoms with van der Waals surface area (Å²) in [6, 6.07) is 46.6. The van der Waals surface area contributed by atoms with Crippen molar-refractivity contribution in [3.05, 3.63) is 145 Å². The quantitative estimate of drug-likeness (QED) is 0.177. The van der Waals surface area contributed by atoms with Crippen LogP contribution in [0.2, 0.25) is 0 Å². The van der Waals surface area contributed by atoms with Gasteiger partial charge in [0.2, 0.25) is 17.7 Å². The normalized spacial score (nSPS) is 11.9. The standard InChI is InChI=1S/C43H32N4O3/c1-43(2,3)30-18-25-36-39(26-30)50-42(46-36)29-16-23-33(24-17-29)47(31-19-12-27(13-20-31)40-44-34-8-4-6-10-37(34)48-40)32-21-14-28(15-22-32)41-45-35-9-5-7-11-38(35)49-41/h4-26H,1-3H3. The third-order valence-electron chi connectivity index (χ3n) is 8.96. The fraction of sp³-hybridized carbons (Fsp3) is 0.0930. The molecule has 0 aliphatic rings. The Balaban J connectivity index is 1.08. The minimum Gasteiger partial charge on any atom is -0.436 e. The summed E-state index contributed by atoms with van der Waals surface area (Å²) in [6.45, 7) is 6.59. The summed E-state index contributed by atoms with van der Waals surface area (Å²) in [5.74, 6) is 1.77. The van der Waals surface area contributed by atoms with E-state index in [9.17, 15) is 0 Å². The number of aromatic nitrogens is 3. The molecule has 0 aliphatic heterocycles. The predicted octanol–water partition coefficient (Wildman–Crippen LogP) is 11.9. The average Bonchev–Trinajstić information content (AvgIpc) is 3.89. The molecule has 6 aromatic carbocycles. The van der Waals surface area contributed by atoms with Crippen LogP contribution in [0.25, 0.3) is 67.7 Å². The molecule has 3 heterocycles. The monoisotopic (exact) mass is 652 g/mol. The Morgan fingerprint density at radius 3 is 1.20 bits per heavy atom. The highest BCUT2D eigenvalue weighted by molar-refractivity contribution is 5.83. The zero-order chi connectivity index (χ0) is 33.8. The number of nitrogens with zero attached hydrogens (tertiary/aromatic N) is 4. The number of rotatable bonds is 6. The first kappa shape index (κ1) is 29.7. The smallest absolute Gasteiger partial charge is 0.227 e. The molecule has 242 valence electrons. The van der Waals surface area contributed by atoms with Crippen LogP contribution in [0, 0.1) is 0 Å². The van der Waals surface area contributed by atoms with E-state index in [1.54, 1.807) is 0 Å². The van der Waals surface area contributed by atoms with Crippen LogP contribution < -0.4 is 4.90 Å². The molecule has 7 heteroatoms. The Morgan fingerprint density at radius 1 is 0.420 bits per heavy atom. The third kappa shape index (κ3) is 5.39. The predicted molar refractivity (Wildman–Crippen MR) is 199 cm³/mol. The van der Waals surface area contributed by atoms with Crippen LogP contribution in [0.3, 0.4) is 0 Å². The van der Waals surface area contributed by atoms with Gasteiger partial charge in [-0.15, -0.1) is 0 Å². The van der Waals surface area contributed by atoms with Crippen LogP contribution in [0.15, 0.2) is 153 Å². The lowest BCUT2D eigenvalue weighted by atomic mass is 9.87. The Hall–Kier alpha value is -6.47. The van der Waals surface area contributed by atoms with Crippen molar-refractivity contribution < 1.29 is 13.3 Å². The Labute approximate surface area is 288 Å². The van der Waals surface area contributed by atoms with Gasteiger partial charge in [0.25, 0.3) is 0 Å². The molecule has 0 unspecified atom stereocenters. The Kier molecular flexibility index (Phi) is 6.88. The molecule has 0 amide bonds. The molecule has 9 aromatic rings. The summed E-state index contributed by atoms with van der Waals surface area (Å²) < 4.78 is 18.4. The molecule has 50 heavy (non-hydrogen) atoms. The summed E-state index contributed by atoms with van der Waals surface area (Å²) >= 11 is 0. The molecule has 3 aromatic heterocycles. The Morgan fingerprint density at radius 2 is 0.800 bits per heavy atom. The van der Waals surface area contributed by atoms with Crippen LogP contribution in [0.1, 0.15) is 26.3 Å². The van der Waals surface area contributed by atoms with E-state index in [0.717, 1.165) is 67.1 Å². The maximum atomic E-state index is 6.26. The number of benzene rings is 6. The minimum atomic E-state index is 0.0216. The molecule has 0 bridgehead atoms. The van der Waals surface area contributed by atoms with Gasteiger partial charge in [-0.1, -0.05) is 51.1 Å². The van der Waals surface area contributed by atoms with Crippen molar-refractivity contribution in [2.75, 3.05) is 4.90 Å². The zero-order valence-electron chi connectivity index (χ0n) is 27.8. The lowest BCUT2D eigenvalue weighted by molar-refractivity contribution is 0.584. The van der Waals surface area contributed by atoms with E-state index in [1.165, 1.54) is 5.56 Å². The lowest BCUT2D eigenvalue weighted by Crippen LogP contribution is -2.10. The van der Waals surface area contributed by atoms with Crippen molar-refractivity contribution in [1.29, 1.82) is 0 Å². The van der Waals surface area contributed by atoms with E-state index in [0.29, 0.717) is 17.7 Å². The molecular formula is C43H32N4O3. The van der Waals surface area contributed by atoms with Crippen molar-refractivity contribution in [1.82, 2.24) is 15.0 Å². The van der Waals surface area contributed by atoms with Gasteiger partial charge in [0, 0.05) is 33.8 Å². The second-order valence-corrected chi connectivity index (χ2v) is 13.4. The van der Waals surface area contributed by atoms with E-state index >= 15 is 0 Å². The van der Waals surface area contributed by atoms with Crippen LogP contribution in [-0.2, 0) is 5.41 Å². The number of para-hydroxylation sites is 4. The van der Waals surface area contributed by atoms with Gasteiger partial charge >= 0.3 is 0 Å². The van der Waals surface area contributed by atoms with E-state index in [4.69, 9.17) is 18.2 Å². The van der Waals surface area contributed by atoms with E-state index in [-0.39, 0.29) is 5.41 Å². The van der Waals surface area contributed by atoms with Crippen LogP contribution >= 0.6 is 0 Å². The first-order chi connectivity index (χ1) is 24.4. The molecule has 0 saturated heterocycles. The number of hydrogen-bond donors (Lipinski definition) is 0. The molecule has 0 atom stereocenters. The molecule has 0 saturated carbocycles. The molecule has 0 radical (unpaired) electrons. The molecule has 9 rings (SSSR count). The lowest BCUT2D eigenvalue weighted by Gasteiger charge is -2.26. The third-order valence-corrected chi connectivity index (χ3v) is 8.96. The van der Waals surface area contributed by atoms with Gasteiger partial charge in [-0.05, 0) is 120 Å². The SMILES string of the molecule is CC(C)(C)c1ccc2nc(-c3ccc(N(c4ccc(-c5nc6ccccc6o5)cc4)c4ccc(-c5nc6ccccc6o5)cc4)cc3)oc2c1. The topological polar surface area (TPSA) is 81.3 Å². The van der Waals surface area contributed by atoms with Crippen LogP contribution in [0.5, 0.6) is 0 Å². The van der Waals surface area contributed by atoms with E-state index in [2.05, 4.69) is 96.3 Å². The van der Waals surface area contributed by atoms with E-state index in [1.807, 2.05) is 78.9 Å². The van der Waals surface area contributed by atoms with Crippen molar-refractivity contribution >= 4 is 50.4 Å². The molecule has 0 fully saturated rings. The number of hydrogen-bond acceptors (Lipinski definition) is 7. The first-order valence-corrected chi connectivity index (χ1v) is 16.6. The Bertz CT molecular complexity index is 2440. The summed E-state index contributed by atoms with van der Waals surface area (Å²) in [5, 5.41) is 0. The number of anilines is 3. The molecular weight excluding hydrogens is 620 g/mol. The molecule has 0 aliphatic carbocycles. The summed E-state index contributed by atoms with van der Waals surface area (Å²) in [6.07, 6.45) is 0. The maximum Gasteiger partial charge on any atom is 0.227 e. The van der Waals surface area contributed by atoms with Crippen molar-refractivity contribution in [2.24, 2.45) is 0 Å². The van der Waals surface area contributed by atoms with E-state index < -0.39 is 0 Å². The first-order valence-electron chi connectivity index (χ1n) is 16.6. The van der Waals surface area contributed by atoms with Crippen molar-refractivity contribution in [2.45, 2.75) is 26.2 Å². The maximum absolute atomic E-state index is 6.26. The van der Waals surface area contributed by atoms with Gasteiger partial charge in [-0.25, -0.2) is 15.0 Å². The molecule has 0 N–H and O–H groups in total. The van der Waals surface area contributed by atoms with Gasteiger partial charge < -0.3 is 18.2 Å². The fourth-order valence-electron chi connectivity index (χ4n) is 6.21. The average molecular weight is 653 g/mol. The summed E-state index contributed by atoms with van der Waals surface area (Å²) in [7, 11) is 0. The zero-order valence-corrected chi connectivity index (χ0v) is 27.8. The summed E-state index contributed by atoms with van der Waals surface area (Å²) in [5.41, 5.74) is 11.7. The van der Waals surface area contributed by atoms with Gasteiger partial charge in [-0.3, -0.25) is 0 Å². The second kappa shape index (κ2) is 11.6.